The standard InChI is InChI=1S/C23H28F3N3O2S/c1-31-10-8-20-6-7-21(27-20)18-12-17(16-2-4-19(5-3-16)23(24,25)26)13-29(14-18)22(30)28-9-11-32-15-28/h2-6,17-18H,7-15H2,1H3. The van der Waals surface area contributed by atoms with E-state index >= 15 is 0 Å². The molecule has 32 heavy (non-hydrogen) atoms. The van der Waals surface area contributed by atoms with Gasteiger partial charge in [-0.15, -0.1) is 11.8 Å². The Labute approximate surface area is 190 Å². The van der Waals surface area contributed by atoms with Gasteiger partial charge in [0.2, 0.25) is 0 Å². The molecule has 2 unspecified atom stereocenters. The molecule has 4 rings (SSSR count). The van der Waals surface area contributed by atoms with Crippen molar-refractivity contribution in [3.05, 3.63) is 47.2 Å². The van der Waals surface area contributed by atoms with Crippen LogP contribution in [0.15, 0.2) is 41.0 Å². The van der Waals surface area contributed by atoms with E-state index < -0.39 is 11.7 Å². The number of thioether (sulfide) groups is 1. The summed E-state index contributed by atoms with van der Waals surface area (Å²) in [6.45, 7) is 2.46. The number of urea groups is 1. The second kappa shape index (κ2) is 9.87. The number of ether oxygens (including phenoxy) is 1. The van der Waals surface area contributed by atoms with Gasteiger partial charge in [0.25, 0.3) is 0 Å². The molecule has 5 nitrogen and oxygen atoms in total. The SMILES string of the molecule is COCCC1=CCC(C2CC(c3ccc(C(F)(F)F)cc3)CN(C(=O)N3CCSC3)C2)=N1. The Hall–Kier alpha value is -2.00. The summed E-state index contributed by atoms with van der Waals surface area (Å²) in [5.41, 5.74) is 2.25. The van der Waals surface area contributed by atoms with Crippen molar-refractivity contribution in [3.8, 4) is 0 Å². The molecule has 2 amide bonds. The Morgan fingerprint density at radius 1 is 1.19 bits per heavy atom. The van der Waals surface area contributed by atoms with Crippen molar-refractivity contribution in [2.24, 2.45) is 10.9 Å². The second-order valence-electron chi connectivity index (χ2n) is 8.48. The minimum Gasteiger partial charge on any atom is -0.384 e. The number of piperidine rings is 1. The number of halogens is 3. The van der Waals surface area contributed by atoms with Crippen LogP contribution < -0.4 is 0 Å². The van der Waals surface area contributed by atoms with E-state index in [1.165, 1.54) is 0 Å². The number of amides is 2. The van der Waals surface area contributed by atoms with Crippen molar-refractivity contribution >= 4 is 23.5 Å². The lowest BCUT2D eigenvalue weighted by Crippen LogP contribution is -2.50. The number of allylic oxidation sites excluding steroid dienone is 1. The van der Waals surface area contributed by atoms with Crippen molar-refractivity contribution in [2.45, 2.75) is 31.4 Å². The molecule has 0 saturated carbocycles. The summed E-state index contributed by atoms with van der Waals surface area (Å²) < 4.78 is 44.2. The highest BCUT2D eigenvalue weighted by Gasteiger charge is 2.37. The summed E-state index contributed by atoms with van der Waals surface area (Å²) in [5, 5.41) is 0. The van der Waals surface area contributed by atoms with Crippen molar-refractivity contribution < 1.29 is 22.7 Å². The Kier molecular flexibility index (Phi) is 7.14. The lowest BCUT2D eigenvalue weighted by molar-refractivity contribution is -0.137. The number of likely N-dealkylation sites (tertiary alicyclic amines) is 1. The van der Waals surface area contributed by atoms with E-state index in [0.717, 1.165) is 60.7 Å². The smallest absolute Gasteiger partial charge is 0.384 e. The number of hydrogen-bond acceptors (Lipinski definition) is 4. The quantitative estimate of drug-likeness (QED) is 0.612. The molecule has 0 spiro atoms. The van der Waals surface area contributed by atoms with E-state index in [2.05, 4.69) is 6.08 Å². The Balaban J connectivity index is 1.54. The summed E-state index contributed by atoms with van der Waals surface area (Å²) in [5.74, 6) is 1.69. The molecule has 3 aliphatic rings. The lowest BCUT2D eigenvalue weighted by atomic mass is 9.81. The Bertz CT molecular complexity index is 879. The third-order valence-electron chi connectivity index (χ3n) is 6.32. The maximum atomic E-state index is 13.1. The van der Waals surface area contributed by atoms with Crippen LogP contribution in [0.4, 0.5) is 18.0 Å². The lowest BCUT2D eigenvalue weighted by Gasteiger charge is -2.39. The number of nitrogens with zero attached hydrogens (tertiary/aromatic N) is 3. The minimum atomic E-state index is -4.36. The van der Waals surface area contributed by atoms with E-state index in [1.807, 2.05) is 9.80 Å². The number of methoxy groups -OCH3 is 1. The molecule has 3 heterocycles. The predicted molar refractivity (Wildman–Crippen MR) is 120 cm³/mol. The topological polar surface area (TPSA) is 45.1 Å². The number of benzene rings is 1. The van der Waals surface area contributed by atoms with E-state index in [1.54, 1.807) is 31.0 Å². The fourth-order valence-electron chi connectivity index (χ4n) is 4.57. The van der Waals surface area contributed by atoms with Crippen LogP contribution >= 0.6 is 11.8 Å². The minimum absolute atomic E-state index is 0.0165. The van der Waals surface area contributed by atoms with Crippen molar-refractivity contribution in [1.29, 1.82) is 0 Å². The number of hydrogen-bond donors (Lipinski definition) is 0. The fourth-order valence-corrected chi connectivity index (χ4v) is 5.51. The molecule has 3 aliphatic heterocycles. The number of carbonyl (C=O) groups is 1. The molecular weight excluding hydrogens is 439 g/mol. The molecule has 174 valence electrons. The highest BCUT2D eigenvalue weighted by atomic mass is 32.2. The summed E-state index contributed by atoms with van der Waals surface area (Å²) in [7, 11) is 1.66. The average Bonchev–Trinajstić information content (AvgIpc) is 3.49. The summed E-state index contributed by atoms with van der Waals surface area (Å²) in [4.78, 5) is 21.7. The van der Waals surface area contributed by atoms with Gasteiger partial charge < -0.3 is 14.5 Å². The zero-order chi connectivity index (χ0) is 22.7. The molecular formula is C23H28F3N3O2S. The average molecular weight is 468 g/mol. The van der Waals surface area contributed by atoms with Gasteiger partial charge >= 0.3 is 12.2 Å². The predicted octanol–water partition coefficient (Wildman–Crippen LogP) is 5.00. The van der Waals surface area contributed by atoms with Gasteiger partial charge in [0.05, 0.1) is 18.0 Å². The van der Waals surface area contributed by atoms with Crippen LogP contribution in [0, 0.1) is 5.92 Å². The Morgan fingerprint density at radius 3 is 2.59 bits per heavy atom. The van der Waals surface area contributed by atoms with Gasteiger partial charge in [0.15, 0.2) is 0 Å². The van der Waals surface area contributed by atoms with E-state index in [-0.39, 0.29) is 17.9 Å². The molecule has 1 aromatic carbocycles. The van der Waals surface area contributed by atoms with Gasteiger partial charge in [-0.25, -0.2) is 4.79 Å². The van der Waals surface area contributed by atoms with Crippen molar-refractivity contribution in [2.75, 3.05) is 45.0 Å². The Morgan fingerprint density at radius 2 is 1.94 bits per heavy atom. The fraction of sp³-hybridized carbons (Fsp3) is 0.565. The highest BCUT2D eigenvalue weighted by Crippen LogP contribution is 2.36. The maximum absolute atomic E-state index is 13.1. The summed E-state index contributed by atoms with van der Waals surface area (Å²) >= 11 is 1.74. The molecule has 0 N–H and O–H groups in total. The van der Waals surface area contributed by atoms with Crippen LogP contribution in [-0.2, 0) is 10.9 Å². The van der Waals surface area contributed by atoms with Gasteiger partial charge in [-0.2, -0.15) is 13.2 Å². The number of alkyl halides is 3. The van der Waals surface area contributed by atoms with Crippen LogP contribution in [0.1, 0.15) is 36.3 Å². The second-order valence-corrected chi connectivity index (χ2v) is 9.56. The first kappa shape index (κ1) is 23.2. The third kappa shape index (κ3) is 5.31. The number of aliphatic imine (C=N–C) groups is 1. The molecule has 0 aliphatic carbocycles. The van der Waals surface area contributed by atoms with E-state index in [4.69, 9.17) is 9.73 Å². The normalized spacial score (nSPS) is 24.0. The van der Waals surface area contributed by atoms with Gasteiger partial charge in [-0.05, 0) is 24.1 Å². The van der Waals surface area contributed by atoms with Crippen molar-refractivity contribution in [1.82, 2.24) is 9.80 Å². The number of carbonyl (C=O) groups excluding carboxylic acids is 1. The van der Waals surface area contributed by atoms with Gasteiger partial charge in [-0.1, -0.05) is 18.2 Å². The first-order valence-electron chi connectivity index (χ1n) is 10.9. The monoisotopic (exact) mass is 467 g/mol. The van der Waals surface area contributed by atoms with E-state index in [0.29, 0.717) is 25.6 Å². The van der Waals surface area contributed by atoms with Crippen LogP contribution in [-0.4, -0.2) is 66.5 Å². The molecule has 0 bridgehead atoms. The molecule has 0 aromatic heterocycles. The van der Waals surface area contributed by atoms with Crippen molar-refractivity contribution in [3.63, 3.8) is 0 Å². The van der Waals surface area contributed by atoms with Crippen LogP contribution in [0.2, 0.25) is 0 Å². The van der Waals surface area contributed by atoms with Crippen LogP contribution in [0.25, 0.3) is 0 Å². The molecule has 2 fully saturated rings. The van der Waals surface area contributed by atoms with Gasteiger partial charge in [0.1, 0.15) is 0 Å². The molecule has 9 heteroatoms. The van der Waals surface area contributed by atoms with Gasteiger partial charge in [-0.3, -0.25) is 4.99 Å². The third-order valence-corrected chi connectivity index (χ3v) is 7.29. The van der Waals surface area contributed by atoms with Crippen LogP contribution in [0.5, 0.6) is 0 Å². The van der Waals surface area contributed by atoms with Gasteiger partial charge in [0, 0.05) is 68.6 Å². The summed E-state index contributed by atoms with van der Waals surface area (Å²) in [6.07, 6.45) is 0.0349. The first-order valence-corrected chi connectivity index (χ1v) is 12.0. The largest absolute Gasteiger partial charge is 0.416 e. The number of rotatable bonds is 5. The molecule has 1 aromatic rings. The molecule has 2 atom stereocenters. The molecule has 2 saturated heterocycles. The zero-order valence-corrected chi connectivity index (χ0v) is 18.9. The van der Waals surface area contributed by atoms with Crippen LogP contribution in [0.3, 0.4) is 0 Å². The van der Waals surface area contributed by atoms with E-state index in [9.17, 15) is 18.0 Å². The maximum Gasteiger partial charge on any atom is 0.416 e. The first-order chi connectivity index (χ1) is 15.3. The highest BCUT2D eigenvalue weighted by molar-refractivity contribution is 7.99. The molecule has 0 radical (unpaired) electrons. The summed E-state index contributed by atoms with van der Waals surface area (Å²) in [6, 6.07) is 5.41. The zero-order valence-electron chi connectivity index (χ0n) is 18.1.